The number of carbonyl (C=O) groups excluding carboxylic acids is 1. The molecule has 0 bridgehead atoms. The van der Waals surface area contributed by atoms with Crippen molar-refractivity contribution in [3.8, 4) is 17.1 Å². The zero-order chi connectivity index (χ0) is 16.1. The Morgan fingerprint density at radius 1 is 1.18 bits per heavy atom. The summed E-state index contributed by atoms with van der Waals surface area (Å²) in [5, 5.41) is 20.4. The topological polar surface area (TPSA) is 112 Å². The van der Waals surface area contributed by atoms with Gasteiger partial charge in [-0.15, -0.1) is 0 Å². The number of aliphatic carboxylic acids is 1. The lowest BCUT2D eigenvalue weighted by Crippen LogP contribution is -2.30. The van der Waals surface area contributed by atoms with Crippen molar-refractivity contribution in [3.63, 3.8) is 0 Å². The number of hydrogen-bond donors (Lipinski definition) is 3. The van der Waals surface area contributed by atoms with Crippen molar-refractivity contribution < 1.29 is 19.8 Å². The van der Waals surface area contributed by atoms with Crippen molar-refractivity contribution in [1.29, 1.82) is 0 Å². The molecule has 0 spiro atoms. The molecule has 0 saturated carbocycles. The first kappa shape index (κ1) is 15.4. The Labute approximate surface area is 126 Å². The van der Waals surface area contributed by atoms with Crippen LogP contribution in [0.3, 0.4) is 0 Å². The molecule has 0 radical (unpaired) electrons. The largest absolute Gasteiger partial charge is 0.505 e. The van der Waals surface area contributed by atoms with Gasteiger partial charge in [0.25, 0.3) is 5.91 Å². The van der Waals surface area contributed by atoms with Gasteiger partial charge >= 0.3 is 5.97 Å². The predicted octanol–water partition coefficient (Wildman–Crippen LogP) is 1.23. The van der Waals surface area contributed by atoms with Crippen LogP contribution in [-0.2, 0) is 11.2 Å². The molecule has 0 fully saturated rings. The highest BCUT2D eigenvalue weighted by molar-refractivity contribution is 5.96. The molecule has 2 heterocycles. The number of hydrogen-bond acceptors (Lipinski definition) is 5. The number of rotatable bonds is 5. The van der Waals surface area contributed by atoms with Crippen LogP contribution < -0.4 is 5.32 Å². The summed E-state index contributed by atoms with van der Waals surface area (Å²) in [6.45, 7) is 1.47. The van der Waals surface area contributed by atoms with E-state index in [1.54, 1.807) is 12.3 Å². The number of aromatic nitrogens is 2. The van der Waals surface area contributed by atoms with E-state index in [0.717, 1.165) is 12.0 Å². The third-order valence-corrected chi connectivity index (χ3v) is 2.98. The van der Waals surface area contributed by atoms with E-state index >= 15 is 0 Å². The van der Waals surface area contributed by atoms with E-state index < -0.39 is 18.4 Å². The summed E-state index contributed by atoms with van der Waals surface area (Å²) in [6, 6.07) is 6.54. The van der Waals surface area contributed by atoms with Crippen molar-refractivity contribution in [2.24, 2.45) is 0 Å². The number of carboxylic acids is 1. The number of nitrogens with one attached hydrogen (secondary N) is 1. The van der Waals surface area contributed by atoms with E-state index in [-0.39, 0.29) is 11.4 Å². The van der Waals surface area contributed by atoms with Gasteiger partial charge in [-0.25, -0.2) is 4.98 Å². The van der Waals surface area contributed by atoms with Gasteiger partial charge in [-0.2, -0.15) is 0 Å². The molecule has 0 aliphatic heterocycles. The second kappa shape index (κ2) is 6.66. The van der Waals surface area contributed by atoms with Gasteiger partial charge in [0.1, 0.15) is 12.3 Å². The Hall–Kier alpha value is -2.96. The molecule has 0 aliphatic carbocycles. The van der Waals surface area contributed by atoms with Crippen molar-refractivity contribution in [2.45, 2.75) is 13.3 Å². The third kappa shape index (κ3) is 3.57. The minimum atomic E-state index is -1.18. The lowest BCUT2D eigenvalue weighted by molar-refractivity contribution is -0.135. The molecule has 2 rings (SSSR count). The molecule has 1 amide bonds. The minimum absolute atomic E-state index is 0.236. The molecular weight excluding hydrogens is 286 g/mol. The van der Waals surface area contributed by atoms with Gasteiger partial charge in [0.15, 0.2) is 5.69 Å². The van der Waals surface area contributed by atoms with Crippen LogP contribution in [-0.4, -0.2) is 38.6 Å². The number of aromatic hydroxyl groups is 1. The highest BCUT2D eigenvalue weighted by Gasteiger charge is 2.15. The first-order valence-electron chi connectivity index (χ1n) is 6.66. The maximum absolute atomic E-state index is 11.8. The normalized spacial score (nSPS) is 10.2. The van der Waals surface area contributed by atoms with Crippen molar-refractivity contribution in [1.82, 2.24) is 15.3 Å². The molecule has 2 aromatic heterocycles. The molecule has 22 heavy (non-hydrogen) atoms. The van der Waals surface area contributed by atoms with Crippen molar-refractivity contribution in [2.75, 3.05) is 6.54 Å². The highest BCUT2D eigenvalue weighted by atomic mass is 16.4. The fraction of sp³-hybridized carbons (Fsp3) is 0.200. The van der Waals surface area contributed by atoms with E-state index in [9.17, 15) is 14.7 Å². The van der Waals surface area contributed by atoms with E-state index in [0.29, 0.717) is 11.4 Å². The average molecular weight is 301 g/mol. The van der Waals surface area contributed by atoms with Crippen LogP contribution in [0.4, 0.5) is 0 Å². The molecule has 2 aromatic rings. The van der Waals surface area contributed by atoms with Gasteiger partial charge in [0, 0.05) is 6.20 Å². The molecule has 0 atom stereocenters. The lowest BCUT2D eigenvalue weighted by atomic mass is 10.1. The van der Waals surface area contributed by atoms with Gasteiger partial charge < -0.3 is 15.5 Å². The Balaban J connectivity index is 2.28. The lowest BCUT2D eigenvalue weighted by Gasteiger charge is -2.07. The smallest absolute Gasteiger partial charge is 0.322 e. The van der Waals surface area contributed by atoms with Crippen LogP contribution in [0.1, 0.15) is 23.0 Å². The number of amides is 1. The summed E-state index contributed by atoms with van der Waals surface area (Å²) < 4.78 is 0. The molecule has 0 aromatic carbocycles. The summed E-state index contributed by atoms with van der Waals surface area (Å²) in [5.41, 5.74) is 1.81. The molecule has 7 nitrogen and oxygen atoms in total. The molecule has 3 N–H and O–H groups in total. The molecule has 0 saturated heterocycles. The van der Waals surface area contributed by atoms with Gasteiger partial charge in [-0.05, 0) is 30.2 Å². The Kier molecular flexibility index (Phi) is 4.67. The molecule has 0 aliphatic rings. The fourth-order valence-electron chi connectivity index (χ4n) is 1.79. The summed E-state index contributed by atoms with van der Waals surface area (Å²) in [7, 11) is 0. The summed E-state index contributed by atoms with van der Waals surface area (Å²) >= 11 is 0. The van der Waals surface area contributed by atoms with Crippen LogP contribution in [0.2, 0.25) is 0 Å². The number of carbonyl (C=O) groups is 2. The monoisotopic (exact) mass is 301 g/mol. The third-order valence-electron chi connectivity index (χ3n) is 2.98. The Bertz CT molecular complexity index is 698. The summed E-state index contributed by atoms with van der Waals surface area (Å²) in [4.78, 5) is 30.6. The number of aryl methyl sites for hydroxylation is 1. The number of carboxylic acid groups (broad SMARTS) is 1. The Morgan fingerprint density at radius 2 is 1.91 bits per heavy atom. The van der Waals surface area contributed by atoms with Crippen molar-refractivity contribution >= 4 is 11.9 Å². The zero-order valence-electron chi connectivity index (χ0n) is 11.9. The van der Waals surface area contributed by atoms with E-state index in [1.165, 1.54) is 12.1 Å². The molecule has 114 valence electrons. The predicted molar refractivity (Wildman–Crippen MR) is 78.5 cm³/mol. The van der Waals surface area contributed by atoms with Crippen molar-refractivity contribution in [3.05, 3.63) is 41.7 Å². The maximum atomic E-state index is 11.8. The second-order valence-corrected chi connectivity index (χ2v) is 4.55. The van der Waals surface area contributed by atoms with Gasteiger partial charge in [-0.1, -0.05) is 13.0 Å². The second-order valence-electron chi connectivity index (χ2n) is 4.55. The molecule has 7 heteroatoms. The maximum Gasteiger partial charge on any atom is 0.322 e. The van der Waals surface area contributed by atoms with E-state index in [4.69, 9.17) is 5.11 Å². The van der Waals surface area contributed by atoms with Crippen LogP contribution in [0, 0.1) is 0 Å². The van der Waals surface area contributed by atoms with Crippen LogP contribution >= 0.6 is 0 Å². The SMILES string of the molecule is CCc1ccc(-c2ccc(O)c(C(=O)NCC(=O)O)n2)nc1. The van der Waals surface area contributed by atoms with Crippen LogP contribution in [0.15, 0.2) is 30.5 Å². The number of nitrogens with zero attached hydrogens (tertiary/aromatic N) is 2. The van der Waals surface area contributed by atoms with Crippen LogP contribution in [0.5, 0.6) is 5.75 Å². The average Bonchev–Trinajstić information content (AvgIpc) is 2.53. The molecule has 0 unspecified atom stereocenters. The fourth-order valence-corrected chi connectivity index (χ4v) is 1.79. The zero-order valence-corrected chi connectivity index (χ0v) is 11.9. The molecular formula is C15H15N3O4. The minimum Gasteiger partial charge on any atom is -0.505 e. The summed E-state index contributed by atoms with van der Waals surface area (Å²) in [6.07, 6.45) is 2.58. The van der Waals surface area contributed by atoms with E-state index in [1.807, 2.05) is 13.0 Å². The standard InChI is InChI=1S/C15H15N3O4/c1-2-9-3-4-10(16-7-9)11-5-6-12(19)14(18-11)15(22)17-8-13(20)21/h3-7,19H,2,8H2,1H3,(H,17,22)(H,20,21). The highest BCUT2D eigenvalue weighted by Crippen LogP contribution is 2.21. The first-order valence-corrected chi connectivity index (χ1v) is 6.66. The Morgan fingerprint density at radius 3 is 2.50 bits per heavy atom. The number of pyridine rings is 2. The van der Waals surface area contributed by atoms with Gasteiger partial charge in [0.2, 0.25) is 0 Å². The first-order chi connectivity index (χ1) is 10.5. The van der Waals surface area contributed by atoms with Gasteiger partial charge in [-0.3, -0.25) is 14.6 Å². The van der Waals surface area contributed by atoms with Crippen LogP contribution in [0.25, 0.3) is 11.4 Å². The van der Waals surface area contributed by atoms with E-state index in [2.05, 4.69) is 15.3 Å². The quantitative estimate of drug-likeness (QED) is 0.765. The summed E-state index contributed by atoms with van der Waals surface area (Å²) in [5.74, 6) is -2.26. The van der Waals surface area contributed by atoms with Gasteiger partial charge in [0.05, 0.1) is 11.4 Å².